The first-order valence-corrected chi connectivity index (χ1v) is 11.2. The van der Waals surface area contributed by atoms with Crippen molar-refractivity contribution in [3.05, 3.63) is 65.2 Å². The van der Waals surface area contributed by atoms with E-state index < -0.39 is 6.04 Å². The fraction of sp³-hybridized carbons (Fsp3) is 0.462. The lowest BCUT2D eigenvalue weighted by Gasteiger charge is -2.30. The molecule has 5 heteroatoms. The molecule has 2 aromatic carbocycles. The third-order valence-electron chi connectivity index (χ3n) is 5.52. The summed E-state index contributed by atoms with van der Waals surface area (Å²) < 4.78 is 5.23. The maximum absolute atomic E-state index is 13.2. The molecule has 5 nitrogen and oxygen atoms in total. The summed E-state index contributed by atoms with van der Waals surface area (Å²) in [5.74, 6) is 1.13. The standard InChI is InChI=1S/C26H36N2O3/c1-6-24(26(30)27-7-2)28(18-21-10-15-23(31-5)16-11-21)25(29)17-12-20-8-13-22(14-9-20)19(3)4/h8-11,13-16,19,24H,6-7,12,17-18H2,1-5H3,(H,27,30)/t24-/m1/s1. The van der Waals surface area contributed by atoms with E-state index in [0.29, 0.717) is 38.3 Å². The molecular weight excluding hydrogens is 388 g/mol. The van der Waals surface area contributed by atoms with E-state index >= 15 is 0 Å². The number of likely N-dealkylation sites (N-methyl/N-ethyl adjacent to an activating group) is 1. The van der Waals surface area contributed by atoms with E-state index in [0.717, 1.165) is 16.9 Å². The minimum absolute atomic E-state index is 0.0122. The molecule has 0 heterocycles. The van der Waals surface area contributed by atoms with Crippen molar-refractivity contribution in [2.24, 2.45) is 0 Å². The van der Waals surface area contributed by atoms with Crippen LogP contribution in [0.3, 0.4) is 0 Å². The van der Waals surface area contributed by atoms with Crippen LogP contribution in [-0.2, 0) is 22.6 Å². The van der Waals surface area contributed by atoms with Crippen molar-refractivity contribution >= 4 is 11.8 Å². The molecule has 1 atom stereocenters. The van der Waals surface area contributed by atoms with Gasteiger partial charge in [0.05, 0.1) is 7.11 Å². The zero-order valence-electron chi connectivity index (χ0n) is 19.5. The van der Waals surface area contributed by atoms with Crippen LogP contribution in [0.4, 0.5) is 0 Å². The molecule has 0 aliphatic heterocycles. The lowest BCUT2D eigenvalue weighted by Crippen LogP contribution is -2.49. The number of rotatable bonds is 11. The van der Waals surface area contributed by atoms with Gasteiger partial charge in [-0.05, 0) is 54.5 Å². The Morgan fingerprint density at radius 2 is 1.58 bits per heavy atom. The van der Waals surface area contributed by atoms with E-state index in [4.69, 9.17) is 4.74 Å². The number of ether oxygens (including phenoxy) is 1. The SMILES string of the molecule is CCNC(=O)[C@@H](CC)N(Cc1ccc(OC)cc1)C(=O)CCc1ccc(C(C)C)cc1. The molecule has 1 N–H and O–H groups in total. The van der Waals surface area contributed by atoms with Gasteiger partial charge in [-0.3, -0.25) is 9.59 Å². The summed E-state index contributed by atoms with van der Waals surface area (Å²) >= 11 is 0. The average molecular weight is 425 g/mol. The Morgan fingerprint density at radius 3 is 2.10 bits per heavy atom. The van der Waals surface area contributed by atoms with Gasteiger partial charge in [0.2, 0.25) is 11.8 Å². The summed E-state index contributed by atoms with van der Waals surface area (Å²) in [4.78, 5) is 27.6. The van der Waals surface area contributed by atoms with Gasteiger partial charge < -0.3 is 15.0 Å². The molecule has 0 saturated carbocycles. The Kier molecular flexibility index (Phi) is 9.57. The number of hydrogen-bond donors (Lipinski definition) is 1. The number of amides is 2. The van der Waals surface area contributed by atoms with Crippen molar-refractivity contribution in [1.29, 1.82) is 0 Å². The molecule has 0 radical (unpaired) electrons. The van der Waals surface area contributed by atoms with Crippen molar-refractivity contribution in [1.82, 2.24) is 10.2 Å². The number of carbonyl (C=O) groups is 2. The Balaban J connectivity index is 2.16. The fourth-order valence-corrected chi connectivity index (χ4v) is 3.60. The summed E-state index contributed by atoms with van der Waals surface area (Å²) in [5, 5.41) is 2.87. The van der Waals surface area contributed by atoms with Crippen molar-refractivity contribution in [3.8, 4) is 5.75 Å². The van der Waals surface area contributed by atoms with Crippen molar-refractivity contribution in [2.45, 2.75) is 65.5 Å². The lowest BCUT2D eigenvalue weighted by atomic mass is 10.00. The van der Waals surface area contributed by atoms with Crippen molar-refractivity contribution < 1.29 is 14.3 Å². The molecule has 0 spiro atoms. The van der Waals surface area contributed by atoms with Crippen LogP contribution in [-0.4, -0.2) is 36.4 Å². The predicted molar refractivity (Wildman–Crippen MR) is 125 cm³/mol. The molecule has 2 rings (SSSR count). The number of nitrogens with one attached hydrogen (secondary N) is 1. The number of benzene rings is 2. The second kappa shape index (κ2) is 12.1. The minimum atomic E-state index is -0.488. The van der Waals surface area contributed by atoms with Gasteiger partial charge in [0.15, 0.2) is 0 Å². The highest BCUT2D eigenvalue weighted by Gasteiger charge is 2.28. The summed E-state index contributed by atoms with van der Waals surface area (Å²) in [7, 11) is 1.63. The van der Waals surface area contributed by atoms with Gasteiger partial charge in [0.1, 0.15) is 11.8 Å². The highest BCUT2D eigenvalue weighted by molar-refractivity contribution is 5.87. The van der Waals surface area contributed by atoms with Crippen LogP contribution in [0.5, 0.6) is 5.75 Å². The molecule has 0 bridgehead atoms. The predicted octanol–water partition coefficient (Wildman–Crippen LogP) is 4.69. The second-order valence-electron chi connectivity index (χ2n) is 8.08. The van der Waals surface area contributed by atoms with Crippen LogP contribution in [0.25, 0.3) is 0 Å². The van der Waals surface area contributed by atoms with Gasteiger partial charge in [0.25, 0.3) is 0 Å². The van der Waals surface area contributed by atoms with Crippen LogP contribution >= 0.6 is 0 Å². The third-order valence-corrected chi connectivity index (χ3v) is 5.52. The monoisotopic (exact) mass is 424 g/mol. The van der Waals surface area contributed by atoms with Gasteiger partial charge in [0, 0.05) is 19.5 Å². The number of carbonyl (C=O) groups excluding carboxylic acids is 2. The van der Waals surface area contributed by atoms with E-state index in [2.05, 4.69) is 43.4 Å². The molecule has 0 aliphatic rings. The molecule has 0 unspecified atom stereocenters. The largest absolute Gasteiger partial charge is 0.497 e. The molecule has 0 aromatic heterocycles. The van der Waals surface area contributed by atoms with Gasteiger partial charge in [-0.25, -0.2) is 0 Å². The van der Waals surface area contributed by atoms with Crippen LogP contribution in [0.2, 0.25) is 0 Å². The lowest BCUT2D eigenvalue weighted by molar-refractivity contribution is -0.141. The summed E-state index contributed by atoms with van der Waals surface area (Å²) in [6, 6.07) is 15.6. The zero-order chi connectivity index (χ0) is 22.8. The summed E-state index contributed by atoms with van der Waals surface area (Å²) in [5.41, 5.74) is 3.39. The molecule has 0 fully saturated rings. The zero-order valence-corrected chi connectivity index (χ0v) is 19.5. The fourth-order valence-electron chi connectivity index (χ4n) is 3.60. The number of nitrogens with zero attached hydrogens (tertiary/aromatic N) is 1. The normalized spacial score (nSPS) is 11.8. The molecule has 2 amide bonds. The Hall–Kier alpha value is -2.82. The summed E-state index contributed by atoms with van der Waals surface area (Å²) in [6.45, 7) is 9.11. The van der Waals surface area contributed by atoms with Gasteiger partial charge in [-0.15, -0.1) is 0 Å². The van der Waals surface area contributed by atoms with Gasteiger partial charge in [-0.2, -0.15) is 0 Å². The first kappa shape index (κ1) is 24.4. The summed E-state index contributed by atoms with van der Waals surface area (Å²) in [6.07, 6.45) is 1.59. The highest BCUT2D eigenvalue weighted by Crippen LogP contribution is 2.19. The molecule has 0 aliphatic carbocycles. The Bertz CT molecular complexity index is 829. The maximum atomic E-state index is 13.2. The first-order valence-electron chi connectivity index (χ1n) is 11.2. The Labute approximate surface area is 186 Å². The van der Waals surface area contributed by atoms with Gasteiger partial charge in [-0.1, -0.05) is 57.2 Å². The minimum Gasteiger partial charge on any atom is -0.497 e. The van der Waals surface area contributed by atoms with Crippen LogP contribution < -0.4 is 10.1 Å². The van der Waals surface area contributed by atoms with E-state index in [1.165, 1.54) is 5.56 Å². The maximum Gasteiger partial charge on any atom is 0.242 e. The highest BCUT2D eigenvalue weighted by atomic mass is 16.5. The molecule has 0 saturated heterocycles. The number of aryl methyl sites for hydroxylation is 1. The topological polar surface area (TPSA) is 58.6 Å². The molecular formula is C26H36N2O3. The molecule has 2 aromatic rings. The van der Waals surface area contributed by atoms with Crippen molar-refractivity contribution in [3.63, 3.8) is 0 Å². The van der Waals surface area contributed by atoms with E-state index in [1.54, 1.807) is 12.0 Å². The number of methoxy groups -OCH3 is 1. The Morgan fingerprint density at radius 1 is 0.968 bits per heavy atom. The van der Waals surface area contributed by atoms with E-state index in [9.17, 15) is 9.59 Å². The van der Waals surface area contributed by atoms with Crippen LogP contribution in [0.15, 0.2) is 48.5 Å². The third kappa shape index (κ3) is 7.12. The quantitative estimate of drug-likeness (QED) is 0.569. The molecule has 168 valence electrons. The van der Waals surface area contributed by atoms with E-state index in [1.807, 2.05) is 38.1 Å². The van der Waals surface area contributed by atoms with Crippen LogP contribution in [0.1, 0.15) is 63.1 Å². The van der Waals surface area contributed by atoms with Crippen LogP contribution in [0, 0.1) is 0 Å². The smallest absolute Gasteiger partial charge is 0.242 e. The van der Waals surface area contributed by atoms with Crippen molar-refractivity contribution in [2.75, 3.05) is 13.7 Å². The van der Waals surface area contributed by atoms with Gasteiger partial charge >= 0.3 is 0 Å². The average Bonchev–Trinajstić information content (AvgIpc) is 2.78. The number of hydrogen-bond acceptors (Lipinski definition) is 3. The van der Waals surface area contributed by atoms with E-state index in [-0.39, 0.29) is 11.8 Å². The second-order valence-corrected chi connectivity index (χ2v) is 8.08. The molecule has 31 heavy (non-hydrogen) atoms. The first-order chi connectivity index (χ1) is 14.9.